The highest BCUT2D eigenvalue weighted by molar-refractivity contribution is 6.18. The van der Waals surface area contributed by atoms with Gasteiger partial charge in [0.1, 0.15) is 11.4 Å². The van der Waals surface area contributed by atoms with Gasteiger partial charge >= 0.3 is 6.09 Å². The third kappa shape index (κ3) is 3.91. The van der Waals surface area contributed by atoms with Crippen molar-refractivity contribution in [2.24, 2.45) is 0 Å². The molecule has 5 heteroatoms. The Bertz CT molecular complexity index is 649. The minimum atomic E-state index is -0.750. The molecule has 2 rings (SSSR count). The molecule has 0 aliphatic heterocycles. The van der Waals surface area contributed by atoms with Crippen molar-refractivity contribution in [1.82, 2.24) is 4.98 Å². The van der Waals surface area contributed by atoms with Gasteiger partial charge in [-0.25, -0.2) is 9.78 Å². The molecule has 0 spiro atoms. The first kappa shape index (κ1) is 15.7. The number of benzene rings is 1. The number of rotatable bonds is 2. The van der Waals surface area contributed by atoms with Gasteiger partial charge < -0.3 is 4.74 Å². The molecule has 0 aliphatic rings. The number of pyridine rings is 1. The van der Waals surface area contributed by atoms with Crippen LogP contribution in [-0.4, -0.2) is 22.6 Å². The fourth-order valence-corrected chi connectivity index (χ4v) is 1.78. The maximum atomic E-state index is 12.7. The van der Waals surface area contributed by atoms with Gasteiger partial charge in [-0.1, -0.05) is 24.3 Å². The van der Waals surface area contributed by atoms with Crippen LogP contribution in [0.4, 0.5) is 10.6 Å². The number of carbonyl (C=O) groups excluding carboxylic acids is 2. The molecule has 0 radical (unpaired) electrons. The van der Waals surface area contributed by atoms with Crippen LogP contribution in [-0.2, 0) is 4.74 Å². The number of hydrogen-bond donors (Lipinski definition) is 0. The fourth-order valence-electron chi connectivity index (χ4n) is 1.78. The minimum Gasteiger partial charge on any atom is -0.443 e. The second kappa shape index (κ2) is 6.39. The largest absolute Gasteiger partial charge is 0.443 e. The summed E-state index contributed by atoms with van der Waals surface area (Å²) in [6.07, 6.45) is 0.769. The van der Waals surface area contributed by atoms with Gasteiger partial charge in [0.25, 0.3) is 5.91 Å². The normalized spacial score (nSPS) is 10.9. The zero-order valence-corrected chi connectivity index (χ0v) is 12.8. The predicted octanol–water partition coefficient (Wildman–Crippen LogP) is 3.66. The molecule has 1 aromatic heterocycles. The lowest BCUT2D eigenvalue weighted by molar-refractivity contribution is 0.0563. The smallest absolute Gasteiger partial charge is 0.423 e. The summed E-state index contributed by atoms with van der Waals surface area (Å²) in [5.41, 5.74) is -0.319. The Morgan fingerprint density at radius 1 is 1.00 bits per heavy atom. The standard InChI is InChI=1S/C17H18N2O3/c1-17(2,3)22-16(21)19(14-11-7-8-12-18-14)15(20)13-9-5-4-6-10-13/h4-12H,1-3H3. The number of imide groups is 1. The summed E-state index contributed by atoms with van der Waals surface area (Å²) in [6, 6.07) is 13.6. The molecule has 1 aromatic carbocycles. The highest BCUT2D eigenvalue weighted by Crippen LogP contribution is 2.18. The molecule has 0 saturated carbocycles. The molecule has 0 aliphatic carbocycles. The molecule has 114 valence electrons. The number of aromatic nitrogens is 1. The van der Waals surface area contributed by atoms with E-state index < -0.39 is 17.6 Å². The average Bonchev–Trinajstić information content (AvgIpc) is 2.47. The van der Waals surface area contributed by atoms with Crippen LogP contribution in [0.2, 0.25) is 0 Å². The summed E-state index contributed by atoms with van der Waals surface area (Å²) in [5, 5.41) is 0. The van der Waals surface area contributed by atoms with E-state index in [1.165, 1.54) is 6.20 Å². The van der Waals surface area contributed by atoms with Crippen LogP contribution in [0, 0.1) is 0 Å². The van der Waals surface area contributed by atoms with Gasteiger partial charge in [0.2, 0.25) is 0 Å². The van der Waals surface area contributed by atoms with E-state index in [0.717, 1.165) is 4.90 Å². The number of carbonyl (C=O) groups is 2. The zero-order chi connectivity index (χ0) is 16.2. The average molecular weight is 298 g/mol. The second-order valence-corrected chi connectivity index (χ2v) is 5.67. The zero-order valence-electron chi connectivity index (χ0n) is 12.8. The Hall–Kier alpha value is -2.69. The summed E-state index contributed by atoms with van der Waals surface area (Å²) in [7, 11) is 0. The van der Waals surface area contributed by atoms with Crippen molar-refractivity contribution in [2.75, 3.05) is 4.90 Å². The van der Waals surface area contributed by atoms with Gasteiger partial charge in [0.05, 0.1) is 0 Å². The molecule has 0 bridgehead atoms. The van der Waals surface area contributed by atoms with E-state index in [1.54, 1.807) is 69.3 Å². The van der Waals surface area contributed by atoms with Gasteiger partial charge in [-0.05, 0) is 45.0 Å². The minimum absolute atomic E-state index is 0.227. The highest BCUT2D eigenvalue weighted by atomic mass is 16.6. The number of anilines is 1. The molecule has 5 nitrogen and oxygen atoms in total. The van der Waals surface area contributed by atoms with E-state index >= 15 is 0 Å². The van der Waals surface area contributed by atoms with Gasteiger partial charge in [-0.15, -0.1) is 0 Å². The van der Waals surface area contributed by atoms with Crippen molar-refractivity contribution in [3.63, 3.8) is 0 Å². The molecule has 0 fully saturated rings. The van der Waals surface area contributed by atoms with Crippen molar-refractivity contribution < 1.29 is 14.3 Å². The first-order valence-electron chi connectivity index (χ1n) is 6.92. The van der Waals surface area contributed by atoms with E-state index in [2.05, 4.69) is 4.98 Å². The van der Waals surface area contributed by atoms with Crippen LogP contribution in [0.25, 0.3) is 0 Å². The van der Waals surface area contributed by atoms with Crippen LogP contribution in [0.5, 0.6) is 0 Å². The first-order chi connectivity index (χ1) is 10.4. The van der Waals surface area contributed by atoms with E-state index in [0.29, 0.717) is 5.56 Å². The van der Waals surface area contributed by atoms with Crippen molar-refractivity contribution in [3.05, 3.63) is 60.3 Å². The second-order valence-electron chi connectivity index (χ2n) is 5.67. The molecule has 0 N–H and O–H groups in total. The summed E-state index contributed by atoms with van der Waals surface area (Å²) >= 11 is 0. The molecular formula is C17H18N2O3. The Kier molecular flexibility index (Phi) is 4.56. The molecule has 0 atom stereocenters. The van der Waals surface area contributed by atoms with E-state index in [4.69, 9.17) is 4.74 Å². The molecule has 22 heavy (non-hydrogen) atoms. The van der Waals surface area contributed by atoms with Gasteiger partial charge in [-0.2, -0.15) is 4.90 Å². The van der Waals surface area contributed by atoms with Crippen molar-refractivity contribution in [2.45, 2.75) is 26.4 Å². The van der Waals surface area contributed by atoms with Gasteiger partial charge in [-0.3, -0.25) is 4.79 Å². The fraction of sp³-hybridized carbons (Fsp3) is 0.235. The lowest BCUT2D eigenvalue weighted by atomic mass is 10.2. The molecule has 0 saturated heterocycles. The number of ether oxygens (including phenoxy) is 1. The Morgan fingerprint density at radius 3 is 2.18 bits per heavy atom. The maximum Gasteiger partial charge on any atom is 0.423 e. The quantitative estimate of drug-likeness (QED) is 0.849. The monoisotopic (exact) mass is 298 g/mol. The molecule has 0 unspecified atom stereocenters. The molecule has 1 heterocycles. The summed E-state index contributed by atoms with van der Waals surface area (Å²) < 4.78 is 5.32. The predicted molar refractivity (Wildman–Crippen MR) is 83.7 cm³/mol. The Morgan fingerprint density at radius 2 is 1.64 bits per heavy atom. The topological polar surface area (TPSA) is 59.5 Å². The lowest BCUT2D eigenvalue weighted by Gasteiger charge is -2.25. The Labute approximate surface area is 129 Å². The van der Waals surface area contributed by atoms with E-state index in [-0.39, 0.29) is 5.82 Å². The SMILES string of the molecule is CC(C)(C)OC(=O)N(C(=O)c1ccccc1)c1ccccn1. The summed E-state index contributed by atoms with van der Waals surface area (Å²) in [5.74, 6) is -0.251. The van der Waals surface area contributed by atoms with Crippen molar-refractivity contribution in [3.8, 4) is 0 Å². The van der Waals surface area contributed by atoms with E-state index in [9.17, 15) is 9.59 Å². The Balaban J connectivity index is 2.38. The number of hydrogen-bond acceptors (Lipinski definition) is 4. The maximum absolute atomic E-state index is 12.7. The molecule has 2 amide bonds. The van der Waals surface area contributed by atoms with Crippen LogP contribution in [0.15, 0.2) is 54.7 Å². The number of amides is 2. The molecular weight excluding hydrogens is 280 g/mol. The molecule has 2 aromatic rings. The summed E-state index contributed by atoms with van der Waals surface area (Å²) in [4.78, 5) is 30.1. The number of nitrogens with zero attached hydrogens (tertiary/aromatic N) is 2. The van der Waals surface area contributed by atoms with Crippen molar-refractivity contribution >= 4 is 17.8 Å². The highest BCUT2D eigenvalue weighted by Gasteiger charge is 2.30. The van der Waals surface area contributed by atoms with Crippen LogP contribution >= 0.6 is 0 Å². The third-order valence-corrected chi connectivity index (χ3v) is 2.68. The van der Waals surface area contributed by atoms with Crippen LogP contribution in [0.3, 0.4) is 0 Å². The van der Waals surface area contributed by atoms with Gasteiger partial charge in [0.15, 0.2) is 0 Å². The van der Waals surface area contributed by atoms with Crippen LogP contribution in [0.1, 0.15) is 31.1 Å². The lowest BCUT2D eigenvalue weighted by Crippen LogP contribution is -2.41. The third-order valence-electron chi connectivity index (χ3n) is 2.68. The van der Waals surface area contributed by atoms with Crippen LogP contribution < -0.4 is 4.90 Å². The first-order valence-corrected chi connectivity index (χ1v) is 6.92. The van der Waals surface area contributed by atoms with Crippen molar-refractivity contribution in [1.29, 1.82) is 0 Å². The van der Waals surface area contributed by atoms with E-state index in [1.807, 2.05) is 0 Å². The van der Waals surface area contributed by atoms with Gasteiger partial charge in [0, 0.05) is 11.8 Å². The summed E-state index contributed by atoms with van der Waals surface area (Å²) in [6.45, 7) is 5.23.